The minimum atomic E-state index is -0.837. The van der Waals surface area contributed by atoms with Gasteiger partial charge in [0.2, 0.25) is 0 Å². The molecule has 3 aromatic carbocycles. The lowest BCUT2D eigenvalue weighted by atomic mass is 9.90. The van der Waals surface area contributed by atoms with Crippen molar-refractivity contribution in [1.29, 1.82) is 0 Å². The SMILES string of the molecule is CCOC(=O)C1=C(C)N=c2s/c(=C/c3cc(C)n(-c4ccc([N+](=O)[O-])cc4)c3C)c(=O)n2[C@@H]1c1c(OC)ccc2ccccc12. The molecule has 0 amide bonds. The van der Waals surface area contributed by atoms with E-state index in [9.17, 15) is 19.7 Å². The third-order valence-electron chi connectivity index (χ3n) is 8.02. The Morgan fingerprint density at radius 3 is 2.51 bits per heavy atom. The molecular weight excluding hydrogens is 592 g/mol. The maximum Gasteiger partial charge on any atom is 0.338 e. The summed E-state index contributed by atoms with van der Waals surface area (Å²) in [5.74, 6) is -0.00363. The minimum absolute atomic E-state index is 0.0115. The Balaban J connectivity index is 1.57. The Morgan fingerprint density at radius 1 is 1.09 bits per heavy atom. The standard InChI is InChI=1S/C34H30N4O6S/c1-6-44-33(40)29-20(3)35-34-37(31(29)30-26-10-8-7-9-22(26)11-16-27(30)43-5)32(39)28(45-34)18-23-17-19(2)36(21(23)4)24-12-14-25(15-13-24)38(41)42/h7-18,31H,6H2,1-5H3/b28-18+/t31-/m0/s1. The van der Waals surface area contributed by atoms with Crippen molar-refractivity contribution in [2.75, 3.05) is 13.7 Å². The summed E-state index contributed by atoms with van der Waals surface area (Å²) in [5, 5.41) is 12.9. The van der Waals surface area contributed by atoms with Crippen molar-refractivity contribution in [3.05, 3.63) is 130 Å². The highest BCUT2D eigenvalue weighted by Gasteiger charge is 2.36. The van der Waals surface area contributed by atoms with Crippen LogP contribution < -0.4 is 19.6 Å². The monoisotopic (exact) mass is 622 g/mol. The number of rotatable bonds is 7. The zero-order chi connectivity index (χ0) is 32.0. The molecule has 6 rings (SSSR count). The number of thiazole rings is 1. The molecule has 1 aliphatic rings. The number of aromatic nitrogens is 2. The first-order valence-electron chi connectivity index (χ1n) is 14.3. The number of nitro groups is 1. The predicted octanol–water partition coefficient (Wildman–Crippen LogP) is 5.28. The van der Waals surface area contributed by atoms with Gasteiger partial charge in [-0.05, 0) is 74.4 Å². The molecule has 1 aliphatic heterocycles. The van der Waals surface area contributed by atoms with Crippen LogP contribution in [0, 0.1) is 24.0 Å². The van der Waals surface area contributed by atoms with Crippen LogP contribution in [-0.4, -0.2) is 33.7 Å². The zero-order valence-corrected chi connectivity index (χ0v) is 26.2. The maximum atomic E-state index is 14.3. The van der Waals surface area contributed by atoms with E-state index in [-0.39, 0.29) is 23.4 Å². The maximum absolute atomic E-state index is 14.3. The highest BCUT2D eigenvalue weighted by Crippen LogP contribution is 2.40. The number of esters is 1. The van der Waals surface area contributed by atoms with Crippen LogP contribution in [0.2, 0.25) is 0 Å². The van der Waals surface area contributed by atoms with Crippen LogP contribution in [-0.2, 0) is 9.53 Å². The molecule has 10 nitrogen and oxygen atoms in total. The number of allylic oxidation sites excluding steroid dienone is 1. The molecule has 228 valence electrons. The zero-order valence-electron chi connectivity index (χ0n) is 25.4. The largest absolute Gasteiger partial charge is 0.496 e. The summed E-state index contributed by atoms with van der Waals surface area (Å²) in [7, 11) is 1.57. The summed E-state index contributed by atoms with van der Waals surface area (Å²) in [6.45, 7) is 7.54. The Kier molecular flexibility index (Phi) is 7.71. The fourth-order valence-corrected chi connectivity index (χ4v) is 7.03. The molecule has 11 heteroatoms. The van der Waals surface area contributed by atoms with Crippen LogP contribution in [0.25, 0.3) is 22.5 Å². The van der Waals surface area contributed by atoms with Gasteiger partial charge < -0.3 is 14.0 Å². The van der Waals surface area contributed by atoms with E-state index in [1.54, 1.807) is 37.7 Å². The van der Waals surface area contributed by atoms with Gasteiger partial charge in [-0.15, -0.1) is 0 Å². The predicted molar refractivity (Wildman–Crippen MR) is 173 cm³/mol. The van der Waals surface area contributed by atoms with Crippen molar-refractivity contribution in [1.82, 2.24) is 9.13 Å². The second-order valence-electron chi connectivity index (χ2n) is 10.6. The number of hydrogen-bond acceptors (Lipinski definition) is 8. The minimum Gasteiger partial charge on any atom is -0.496 e. The number of carbonyl (C=O) groups is 1. The summed E-state index contributed by atoms with van der Waals surface area (Å²) >= 11 is 1.25. The molecule has 0 spiro atoms. The van der Waals surface area contributed by atoms with Crippen molar-refractivity contribution in [2.24, 2.45) is 4.99 Å². The molecule has 0 saturated heterocycles. The lowest BCUT2D eigenvalue weighted by molar-refractivity contribution is -0.384. The molecule has 2 aromatic heterocycles. The molecule has 0 radical (unpaired) electrons. The quantitative estimate of drug-likeness (QED) is 0.139. The fraction of sp³-hybridized carbons (Fsp3) is 0.206. The van der Waals surface area contributed by atoms with Gasteiger partial charge in [0, 0.05) is 34.8 Å². The average Bonchev–Trinajstić information content (AvgIpc) is 3.48. The number of benzene rings is 3. The second-order valence-corrected chi connectivity index (χ2v) is 11.6. The van der Waals surface area contributed by atoms with Crippen LogP contribution in [0.1, 0.15) is 42.4 Å². The van der Waals surface area contributed by atoms with Crippen LogP contribution in [0.4, 0.5) is 5.69 Å². The van der Waals surface area contributed by atoms with Gasteiger partial charge in [-0.25, -0.2) is 9.79 Å². The van der Waals surface area contributed by atoms with Gasteiger partial charge in [0.25, 0.3) is 11.2 Å². The number of fused-ring (bicyclic) bond motifs is 2. The summed E-state index contributed by atoms with van der Waals surface area (Å²) in [4.78, 5) is 43.7. The molecule has 45 heavy (non-hydrogen) atoms. The van der Waals surface area contributed by atoms with Crippen LogP contribution in [0.15, 0.2) is 87.8 Å². The van der Waals surface area contributed by atoms with E-state index < -0.39 is 16.9 Å². The van der Waals surface area contributed by atoms with Crippen molar-refractivity contribution in [3.8, 4) is 11.4 Å². The van der Waals surface area contributed by atoms with Gasteiger partial charge in [0.1, 0.15) is 11.8 Å². The number of non-ortho nitro benzene ring substituents is 1. The van der Waals surface area contributed by atoms with Crippen molar-refractivity contribution in [2.45, 2.75) is 33.7 Å². The van der Waals surface area contributed by atoms with E-state index in [1.807, 2.05) is 67.0 Å². The Hall–Kier alpha value is -5.29. The first-order chi connectivity index (χ1) is 21.6. The first-order valence-corrected chi connectivity index (χ1v) is 15.1. The van der Waals surface area contributed by atoms with Gasteiger partial charge in [-0.1, -0.05) is 41.7 Å². The number of aryl methyl sites for hydroxylation is 1. The van der Waals surface area contributed by atoms with Crippen molar-refractivity contribution >= 4 is 39.8 Å². The molecule has 5 aromatic rings. The normalized spacial score (nSPS) is 14.8. The molecule has 0 unspecified atom stereocenters. The van der Waals surface area contributed by atoms with Crippen molar-refractivity contribution < 1.29 is 19.2 Å². The van der Waals surface area contributed by atoms with Crippen LogP contribution >= 0.6 is 11.3 Å². The van der Waals surface area contributed by atoms with Crippen molar-refractivity contribution in [3.63, 3.8) is 0 Å². The Labute approximate surface area is 262 Å². The van der Waals surface area contributed by atoms with E-state index in [0.717, 1.165) is 33.4 Å². The molecule has 0 fully saturated rings. The summed E-state index contributed by atoms with van der Waals surface area (Å²) in [6.07, 6.45) is 1.83. The summed E-state index contributed by atoms with van der Waals surface area (Å²) in [5.41, 5.74) is 4.50. The molecular formula is C34H30N4O6S. The summed E-state index contributed by atoms with van der Waals surface area (Å²) < 4.78 is 15.3. The van der Waals surface area contributed by atoms with Crippen LogP contribution in [0.3, 0.4) is 0 Å². The Bertz CT molecular complexity index is 2220. The highest BCUT2D eigenvalue weighted by molar-refractivity contribution is 7.07. The molecule has 0 bridgehead atoms. The fourth-order valence-electron chi connectivity index (χ4n) is 6.00. The third kappa shape index (κ3) is 5.04. The third-order valence-corrected chi connectivity index (χ3v) is 9.00. The van der Waals surface area contributed by atoms with Crippen LogP contribution in [0.5, 0.6) is 5.75 Å². The highest BCUT2D eigenvalue weighted by atomic mass is 32.1. The molecule has 0 N–H and O–H groups in total. The van der Waals surface area contributed by atoms with Gasteiger partial charge in [-0.3, -0.25) is 19.5 Å². The molecule has 3 heterocycles. The van der Waals surface area contributed by atoms with E-state index in [0.29, 0.717) is 26.3 Å². The summed E-state index contributed by atoms with van der Waals surface area (Å²) in [6, 6.07) is 19.0. The van der Waals surface area contributed by atoms with Gasteiger partial charge in [0.15, 0.2) is 4.80 Å². The van der Waals surface area contributed by atoms with E-state index in [4.69, 9.17) is 14.5 Å². The van der Waals surface area contributed by atoms with Gasteiger partial charge in [0.05, 0.1) is 34.4 Å². The smallest absolute Gasteiger partial charge is 0.338 e. The lowest BCUT2D eigenvalue weighted by Gasteiger charge is -2.27. The number of carbonyl (C=O) groups excluding carboxylic acids is 1. The molecule has 0 saturated carbocycles. The number of hydrogen-bond donors (Lipinski definition) is 0. The van der Waals surface area contributed by atoms with E-state index in [1.165, 1.54) is 23.5 Å². The topological polar surface area (TPSA) is 118 Å². The second kappa shape index (κ2) is 11.7. The number of nitro benzene ring substituents is 1. The van der Waals surface area contributed by atoms with E-state index >= 15 is 0 Å². The number of methoxy groups -OCH3 is 1. The van der Waals surface area contributed by atoms with Gasteiger partial charge >= 0.3 is 5.97 Å². The van der Waals surface area contributed by atoms with E-state index in [2.05, 4.69) is 0 Å². The molecule has 0 aliphatic carbocycles. The lowest BCUT2D eigenvalue weighted by Crippen LogP contribution is -2.40. The number of ether oxygens (including phenoxy) is 2. The number of nitrogens with zero attached hydrogens (tertiary/aromatic N) is 4. The molecule has 1 atom stereocenters. The average molecular weight is 623 g/mol. The Morgan fingerprint density at radius 2 is 1.82 bits per heavy atom. The first kappa shape index (κ1) is 29.8. The van der Waals surface area contributed by atoms with Gasteiger partial charge in [-0.2, -0.15) is 0 Å².